The third-order valence-electron chi connectivity index (χ3n) is 2.71. The van der Waals surface area contributed by atoms with Crippen LogP contribution >= 0.6 is 0 Å². The molecule has 0 saturated carbocycles. The zero-order chi connectivity index (χ0) is 15.7. The van der Waals surface area contributed by atoms with E-state index in [-0.39, 0.29) is 5.91 Å². The molecule has 1 N–H and O–H groups in total. The number of benzene rings is 1. The second-order valence-corrected chi connectivity index (χ2v) is 4.36. The van der Waals surface area contributed by atoms with Crippen LogP contribution in [-0.4, -0.2) is 32.3 Å². The zero-order valence-corrected chi connectivity index (χ0v) is 13.3. The van der Waals surface area contributed by atoms with E-state index in [1.54, 1.807) is 12.1 Å². The largest absolute Gasteiger partial charge is 0.490 e. The van der Waals surface area contributed by atoms with E-state index in [0.29, 0.717) is 49.2 Å². The van der Waals surface area contributed by atoms with Gasteiger partial charge in [-0.15, -0.1) is 0 Å². The molecule has 1 aromatic rings. The highest BCUT2D eigenvalue weighted by Gasteiger charge is 2.17. The summed E-state index contributed by atoms with van der Waals surface area (Å²) in [7, 11) is 0. The topological polar surface area (TPSA) is 56.8 Å². The molecule has 1 aromatic carbocycles. The Morgan fingerprint density at radius 1 is 0.952 bits per heavy atom. The summed E-state index contributed by atoms with van der Waals surface area (Å²) in [5.74, 6) is 1.48. The van der Waals surface area contributed by atoms with Crippen molar-refractivity contribution in [3.05, 3.63) is 17.7 Å². The van der Waals surface area contributed by atoms with Gasteiger partial charge in [0.15, 0.2) is 11.5 Å². The maximum Gasteiger partial charge on any atom is 0.251 e. The van der Waals surface area contributed by atoms with Gasteiger partial charge in [0, 0.05) is 12.1 Å². The van der Waals surface area contributed by atoms with Crippen molar-refractivity contribution >= 4 is 5.91 Å². The third kappa shape index (κ3) is 4.85. The Balaban J connectivity index is 3.18. The van der Waals surface area contributed by atoms with E-state index >= 15 is 0 Å². The van der Waals surface area contributed by atoms with Gasteiger partial charge in [0.1, 0.15) is 0 Å². The molecule has 1 amide bonds. The van der Waals surface area contributed by atoms with Crippen LogP contribution in [-0.2, 0) is 0 Å². The number of hydrogen-bond donors (Lipinski definition) is 1. The summed E-state index contributed by atoms with van der Waals surface area (Å²) in [6, 6.07) is 3.39. The Hall–Kier alpha value is -1.91. The fourth-order valence-corrected chi connectivity index (χ4v) is 1.86. The summed E-state index contributed by atoms with van der Waals surface area (Å²) in [6.07, 6.45) is 0.888. The van der Waals surface area contributed by atoms with Gasteiger partial charge in [0.25, 0.3) is 5.91 Å². The number of carbonyl (C=O) groups is 1. The molecule has 0 aliphatic carbocycles. The van der Waals surface area contributed by atoms with Crippen LogP contribution in [0.3, 0.4) is 0 Å². The van der Waals surface area contributed by atoms with Crippen molar-refractivity contribution in [1.82, 2.24) is 5.32 Å². The molecule has 0 unspecified atom stereocenters. The van der Waals surface area contributed by atoms with Crippen molar-refractivity contribution in [3.63, 3.8) is 0 Å². The minimum atomic E-state index is -0.137. The lowest BCUT2D eigenvalue weighted by Crippen LogP contribution is -2.24. The van der Waals surface area contributed by atoms with E-state index in [0.717, 1.165) is 6.42 Å². The molecule has 0 atom stereocenters. The Kier molecular flexibility index (Phi) is 7.43. The highest BCUT2D eigenvalue weighted by atomic mass is 16.5. The molecule has 0 fully saturated rings. The van der Waals surface area contributed by atoms with Crippen LogP contribution in [0.4, 0.5) is 0 Å². The summed E-state index contributed by atoms with van der Waals surface area (Å²) in [4.78, 5) is 12.1. The summed E-state index contributed by atoms with van der Waals surface area (Å²) in [5, 5.41) is 2.85. The van der Waals surface area contributed by atoms with Crippen LogP contribution in [0.25, 0.3) is 0 Å². The van der Waals surface area contributed by atoms with Gasteiger partial charge in [-0.1, -0.05) is 6.92 Å². The molecule has 0 aromatic heterocycles. The Morgan fingerprint density at radius 3 is 1.90 bits per heavy atom. The Labute approximate surface area is 126 Å². The molecule has 1 rings (SSSR count). The predicted octanol–water partition coefficient (Wildman–Crippen LogP) is 3.02. The van der Waals surface area contributed by atoms with Crippen molar-refractivity contribution in [1.29, 1.82) is 0 Å². The molecular weight excluding hydrogens is 270 g/mol. The molecule has 0 spiro atoms. The predicted molar refractivity (Wildman–Crippen MR) is 82.6 cm³/mol. The summed E-state index contributed by atoms with van der Waals surface area (Å²) >= 11 is 0. The first-order chi connectivity index (χ1) is 10.2. The molecule has 5 heteroatoms. The molecule has 0 aliphatic rings. The monoisotopic (exact) mass is 295 g/mol. The summed E-state index contributed by atoms with van der Waals surface area (Å²) in [5.41, 5.74) is 0.513. The van der Waals surface area contributed by atoms with E-state index in [9.17, 15) is 4.79 Å². The molecule has 0 radical (unpaired) electrons. The van der Waals surface area contributed by atoms with Crippen LogP contribution in [0.5, 0.6) is 17.2 Å². The first-order valence-electron chi connectivity index (χ1n) is 7.52. The van der Waals surface area contributed by atoms with E-state index in [4.69, 9.17) is 14.2 Å². The number of nitrogens with one attached hydrogen (secondary N) is 1. The number of ether oxygens (including phenoxy) is 3. The second-order valence-electron chi connectivity index (χ2n) is 4.36. The maximum atomic E-state index is 12.1. The molecule has 0 bridgehead atoms. The van der Waals surface area contributed by atoms with Crippen LogP contribution in [0.2, 0.25) is 0 Å². The van der Waals surface area contributed by atoms with Gasteiger partial charge >= 0.3 is 0 Å². The van der Waals surface area contributed by atoms with Crippen molar-refractivity contribution in [2.24, 2.45) is 0 Å². The fourth-order valence-electron chi connectivity index (χ4n) is 1.86. The van der Waals surface area contributed by atoms with Crippen molar-refractivity contribution in [2.45, 2.75) is 34.1 Å². The fraction of sp³-hybridized carbons (Fsp3) is 0.562. The molecule has 0 aliphatic heterocycles. The van der Waals surface area contributed by atoms with E-state index in [1.165, 1.54) is 0 Å². The van der Waals surface area contributed by atoms with Gasteiger partial charge in [-0.2, -0.15) is 0 Å². The van der Waals surface area contributed by atoms with Crippen molar-refractivity contribution in [3.8, 4) is 17.2 Å². The summed E-state index contributed by atoms with van der Waals surface area (Å²) in [6.45, 7) is 9.81. The molecule has 0 heterocycles. The third-order valence-corrected chi connectivity index (χ3v) is 2.71. The standard InChI is InChI=1S/C16H25NO4/c1-5-9-17-16(18)12-10-13(19-6-2)15(21-8-4)14(11-12)20-7-3/h10-11H,5-9H2,1-4H3,(H,17,18). The van der Waals surface area contributed by atoms with Gasteiger partial charge in [-0.25, -0.2) is 0 Å². The van der Waals surface area contributed by atoms with Gasteiger partial charge in [-0.3, -0.25) is 4.79 Å². The lowest BCUT2D eigenvalue weighted by atomic mass is 10.1. The zero-order valence-electron chi connectivity index (χ0n) is 13.3. The van der Waals surface area contributed by atoms with Gasteiger partial charge in [0.2, 0.25) is 5.75 Å². The lowest BCUT2D eigenvalue weighted by Gasteiger charge is -2.17. The minimum Gasteiger partial charge on any atom is -0.490 e. The number of amides is 1. The van der Waals surface area contributed by atoms with E-state index in [1.807, 2.05) is 27.7 Å². The van der Waals surface area contributed by atoms with Gasteiger partial charge in [0.05, 0.1) is 19.8 Å². The maximum absolute atomic E-state index is 12.1. The second kappa shape index (κ2) is 9.10. The molecule has 5 nitrogen and oxygen atoms in total. The smallest absolute Gasteiger partial charge is 0.251 e. The quantitative estimate of drug-likeness (QED) is 0.761. The first kappa shape index (κ1) is 17.1. The van der Waals surface area contributed by atoms with Crippen LogP contribution in [0.1, 0.15) is 44.5 Å². The average molecular weight is 295 g/mol. The van der Waals surface area contributed by atoms with Crippen LogP contribution in [0.15, 0.2) is 12.1 Å². The van der Waals surface area contributed by atoms with Crippen molar-refractivity contribution in [2.75, 3.05) is 26.4 Å². The first-order valence-corrected chi connectivity index (χ1v) is 7.52. The Bertz CT molecular complexity index is 433. The highest BCUT2D eigenvalue weighted by molar-refractivity contribution is 5.95. The number of hydrogen-bond acceptors (Lipinski definition) is 4. The van der Waals surface area contributed by atoms with E-state index < -0.39 is 0 Å². The average Bonchev–Trinajstić information content (AvgIpc) is 2.48. The van der Waals surface area contributed by atoms with E-state index in [2.05, 4.69) is 5.32 Å². The van der Waals surface area contributed by atoms with Crippen LogP contribution < -0.4 is 19.5 Å². The molecule has 118 valence electrons. The lowest BCUT2D eigenvalue weighted by molar-refractivity contribution is 0.0952. The summed E-state index contributed by atoms with van der Waals surface area (Å²) < 4.78 is 16.8. The molecule has 21 heavy (non-hydrogen) atoms. The molecular formula is C16H25NO4. The van der Waals surface area contributed by atoms with Gasteiger partial charge < -0.3 is 19.5 Å². The Morgan fingerprint density at radius 2 is 1.48 bits per heavy atom. The molecule has 0 saturated heterocycles. The number of carbonyl (C=O) groups excluding carboxylic acids is 1. The normalized spacial score (nSPS) is 10.1. The SMILES string of the molecule is CCCNC(=O)c1cc(OCC)c(OCC)c(OCC)c1. The van der Waals surface area contributed by atoms with Gasteiger partial charge in [-0.05, 0) is 39.3 Å². The highest BCUT2D eigenvalue weighted by Crippen LogP contribution is 2.39. The minimum absolute atomic E-state index is 0.137. The van der Waals surface area contributed by atoms with Crippen molar-refractivity contribution < 1.29 is 19.0 Å². The number of rotatable bonds is 9. The van der Waals surface area contributed by atoms with Crippen LogP contribution in [0, 0.1) is 0 Å².